The molecule has 1 N–H and O–H groups in total. The molecule has 2 rings (SSSR count). The number of piperidine rings is 1. The standard InChI is InChI=1S/C15H22FNO2/c1-15(18)8-2-9-17(12-15)10-3-11-19-14-6-4-13(16)5-7-14/h4-7,18H,2-3,8-12H2,1H3. The second-order valence-electron chi connectivity index (χ2n) is 5.53. The molecule has 0 spiro atoms. The van der Waals surface area contributed by atoms with Gasteiger partial charge in [0, 0.05) is 13.1 Å². The first-order chi connectivity index (χ1) is 9.05. The van der Waals surface area contributed by atoms with Crippen molar-refractivity contribution < 1.29 is 14.2 Å². The van der Waals surface area contributed by atoms with Crippen molar-refractivity contribution in [1.29, 1.82) is 0 Å². The molecule has 1 aliphatic rings. The fraction of sp³-hybridized carbons (Fsp3) is 0.600. The van der Waals surface area contributed by atoms with E-state index in [1.165, 1.54) is 12.1 Å². The molecule has 0 aliphatic carbocycles. The minimum Gasteiger partial charge on any atom is -0.494 e. The van der Waals surface area contributed by atoms with Gasteiger partial charge in [-0.2, -0.15) is 0 Å². The number of rotatable bonds is 5. The van der Waals surface area contributed by atoms with Crippen molar-refractivity contribution >= 4 is 0 Å². The Kier molecular flexibility index (Phi) is 4.77. The molecule has 1 aliphatic heterocycles. The topological polar surface area (TPSA) is 32.7 Å². The van der Waals surface area contributed by atoms with Crippen molar-refractivity contribution in [2.75, 3.05) is 26.2 Å². The van der Waals surface area contributed by atoms with Gasteiger partial charge in [0.15, 0.2) is 0 Å². The fourth-order valence-corrected chi connectivity index (χ4v) is 2.52. The van der Waals surface area contributed by atoms with Gasteiger partial charge in [0.05, 0.1) is 12.2 Å². The number of β-amino-alcohol motifs (C(OH)–C–C–N with tert-alkyl or cyclic N) is 1. The number of nitrogens with zero attached hydrogens (tertiary/aromatic N) is 1. The molecule has 0 bridgehead atoms. The van der Waals surface area contributed by atoms with E-state index in [2.05, 4.69) is 4.90 Å². The van der Waals surface area contributed by atoms with Crippen LogP contribution in [0.3, 0.4) is 0 Å². The van der Waals surface area contributed by atoms with Crippen LogP contribution in [0.4, 0.5) is 4.39 Å². The summed E-state index contributed by atoms with van der Waals surface area (Å²) >= 11 is 0. The summed E-state index contributed by atoms with van der Waals surface area (Å²) in [7, 11) is 0. The van der Waals surface area contributed by atoms with Gasteiger partial charge in [0.1, 0.15) is 11.6 Å². The number of likely N-dealkylation sites (tertiary alicyclic amines) is 1. The van der Waals surface area contributed by atoms with E-state index in [4.69, 9.17) is 4.74 Å². The van der Waals surface area contributed by atoms with E-state index in [1.54, 1.807) is 12.1 Å². The molecular weight excluding hydrogens is 245 g/mol. The zero-order valence-corrected chi connectivity index (χ0v) is 11.4. The molecule has 0 amide bonds. The number of hydrogen-bond donors (Lipinski definition) is 1. The number of halogens is 1. The Hall–Kier alpha value is -1.13. The minimum absolute atomic E-state index is 0.247. The molecule has 1 aromatic rings. The summed E-state index contributed by atoms with van der Waals surface area (Å²) in [5, 5.41) is 10.00. The first-order valence-electron chi connectivity index (χ1n) is 6.88. The quantitative estimate of drug-likeness (QED) is 0.832. The highest BCUT2D eigenvalue weighted by Gasteiger charge is 2.27. The Morgan fingerprint density at radius 1 is 1.37 bits per heavy atom. The van der Waals surface area contributed by atoms with Gasteiger partial charge in [-0.3, -0.25) is 0 Å². The monoisotopic (exact) mass is 267 g/mol. The molecule has 1 fully saturated rings. The molecule has 0 saturated carbocycles. The molecule has 1 atom stereocenters. The molecule has 1 unspecified atom stereocenters. The molecule has 1 aromatic carbocycles. The highest BCUT2D eigenvalue weighted by Crippen LogP contribution is 2.20. The van der Waals surface area contributed by atoms with Gasteiger partial charge >= 0.3 is 0 Å². The Balaban J connectivity index is 1.65. The second kappa shape index (κ2) is 6.35. The Bertz CT molecular complexity index is 392. The lowest BCUT2D eigenvalue weighted by atomic mass is 9.95. The van der Waals surface area contributed by atoms with Crippen LogP contribution in [-0.2, 0) is 0 Å². The summed E-state index contributed by atoms with van der Waals surface area (Å²) in [5.74, 6) is 0.454. The van der Waals surface area contributed by atoms with Crippen LogP contribution in [-0.4, -0.2) is 41.8 Å². The van der Waals surface area contributed by atoms with E-state index in [0.29, 0.717) is 12.4 Å². The van der Waals surface area contributed by atoms with Crippen LogP contribution in [0.2, 0.25) is 0 Å². The van der Waals surface area contributed by atoms with Gasteiger partial charge < -0.3 is 14.7 Å². The van der Waals surface area contributed by atoms with Gasteiger partial charge in [-0.1, -0.05) is 0 Å². The van der Waals surface area contributed by atoms with E-state index in [0.717, 1.165) is 38.9 Å². The van der Waals surface area contributed by atoms with Crippen LogP contribution < -0.4 is 4.74 Å². The van der Waals surface area contributed by atoms with Crippen molar-refractivity contribution in [2.45, 2.75) is 31.8 Å². The maximum Gasteiger partial charge on any atom is 0.123 e. The van der Waals surface area contributed by atoms with Crippen LogP contribution in [0, 0.1) is 5.82 Å². The number of hydrogen-bond acceptors (Lipinski definition) is 3. The van der Waals surface area contributed by atoms with Crippen molar-refractivity contribution in [2.24, 2.45) is 0 Å². The van der Waals surface area contributed by atoms with Gasteiger partial charge in [-0.05, 0) is 57.0 Å². The Morgan fingerprint density at radius 2 is 2.11 bits per heavy atom. The smallest absolute Gasteiger partial charge is 0.123 e. The van der Waals surface area contributed by atoms with Crippen molar-refractivity contribution in [3.63, 3.8) is 0 Å². The fourth-order valence-electron chi connectivity index (χ4n) is 2.52. The number of aliphatic hydroxyl groups is 1. The molecule has 4 heteroatoms. The summed E-state index contributed by atoms with van der Waals surface area (Å²) in [6.07, 6.45) is 2.84. The Labute approximate surface area is 114 Å². The zero-order chi connectivity index (χ0) is 13.7. The average Bonchev–Trinajstić information content (AvgIpc) is 2.36. The van der Waals surface area contributed by atoms with E-state index in [-0.39, 0.29) is 5.82 Å². The predicted octanol–water partition coefficient (Wildman–Crippen LogP) is 2.44. The highest BCUT2D eigenvalue weighted by molar-refractivity contribution is 5.21. The first kappa shape index (κ1) is 14.3. The van der Waals surface area contributed by atoms with E-state index in [1.807, 2.05) is 6.92 Å². The molecule has 19 heavy (non-hydrogen) atoms. The molecule has 3 nitrogen and oxygen atoms in total. The lowest BCUT2D eigenvalue weighted by Crippen LogP contribution is -2.46. The largest absolute Gasteiger partial charge is 0.494 e. The van der Waals surface area contributed by atoms with E-state index in [9.17, 15) is 9.50 Å². The van der Waals surface area contributed by atoms with Gasteiger partial charge in [0.2, 0.25) is 0 Å². The number of ether oxygens (including phenoxy) is 1. The number of benzene rings is 1. The SMILES string of the molecule is CC1(O)CCCN(CCCOc2ccc(F)cc2)C1. The minimum atomic E-state index is -0.546. The summed E-state index contributed by atoms with van der Waals surface area (Å²) in [6.45, 7) is 5.23. The van der Waals surface area contributed by atoms with Gasteiger partial charge in [-0.15, -0.1) is 0 Å². The Morgan fingerprint density at radius 3 is 2.79 bits per heavy atom. The molecule has 106 valence electrons. The van der Waals surface area contributed by atoms with Gasteiger partial charge in [-0.25, -0.2) is 4.39 Å². The lowest BCUT2D eigenvalue weighted by Gasteiger charge is -2.36. The van der Waals surface area contributed by atoms with Gasteiger partial charge in [0.25, 0.3) is 0 Å². The van der Waals surface area contributed by atoms with Crippen LogP contribution in [0.1, 0.15) is 26.2 Å². The normalized spacial score (nSPS) is 24.4. The van der Waals surface area contributed by atoms with Crippen LogP contribution in [0.5, 0.6) is 5.75 Å². The van der Waals surface area contributed by atoms with Crippen LogP contribution >= 0.6 is 0 Å². The van der Waals surface area contributed by atoms with E-state index >= 15 is 0 Å². The average molecular weight is 267 g/mol. The highest BCUT2D eigenvalue weighted by atomic mass is 19.1. The molecular formula is C15H22FNO2. The van der Waals surface area contributed by atoms with E-state index < -0.39 is 5.60 Å². The molecule has 1 heterocycles. The third-order valence-electron chi connectivity index (χ3n) is 3.45. The second-order valence-corrected chi connectivity index (χ2v) is 5.53. The van der Waals surface area contributed by atoms with Crippen LogP contribution in [0.25, 0.3) is 0 Å². The first-order valence-corrected chi connectivity index (χ1v) is 6.88. The van der Waals surface area contributed by atoms with Crippen molar-refractivity contribution in [3.8, 4) is 5.75 Å². The maximum absolute atomic E-state index is 12.7. The molecule has 1 saturated heterocycles. The van der Waals surface area contributed by atoms with Crippen molar-refractivity contribution in [1.82, 2.24) is 4.90 Å². The maximum atomic E-state index is 12.7. The summed E-state index contributed by atoms with van der Waals surface area (Å²) < 4.78 is 18.3. The van der Waals surface area contributed by atoms with Crippen LogP contribution in [0.15, 0.2) is 24.3 Å². The molecule has 0 aromatic heterocycles. The zero-order valence-electron chi connectivity index (χ0n) is 11.4. The summed E-state index contributed by atoms with van der Waals surface area (Å²) in [4.78, 5) is 2.28. The predicted molar refractivity (Wildman–Crippen MR) is 72.8 cm³/mol. The lowest BCUT2D eigenvalue weighted by molar-refractivity contribution is -0.0165. The third kappa shape index (κ3) is 4.80. The summed E-state index contributed by atoms with van der Waals surface area (Å²) in [5.41, 5.74) is -0.546. The van der Waals surface area contributed by atoms with Crippen molar-refractivity contribution in [3.05, 3.63) is 30.1 Å². The third-order valence-corrected chi connectivity index (χ3v) is 3.45. The summed E-state index contributed by atoms with van der Waals surface area (Å²) in [6, 6.07) is 6.08. The molecule has 0 radical (unpaired) electrons.